The molecule has 0 saturated carbocycles. The maximum Gasteiger partial charge on any atom is 0.343 e. The number of hydrogen-bond acceptors (Lipinski definition) is 7. The van der Waals surface area contributed by atoms with Crippen LogP contribution in [0.15, 0.2) is 103 Å². The number of esters is 1. The number of imide groups is 1. The van der Waals surface area contributed by atoms with Gasteiger partial charge < -0.3 is 9.47 Å². The van der Waals surface area contributed by atoms with Gasteiger partial charge in [-0.2, -0.15) is 0 Å². The van der Waals surface area contributed by atoms with Crippen molar-refractivity contribution in [3.63, 3.8) is 0 Å². The van der Waals surface area contributed by atoms with Crippen LogP contribution in [0.2, 0.25) is 0 Å². The molecule has 0 bridgehead atoms. The van der Waals surface area contributed by atoms with Crippen molar-refractivity contribution >= 4 is 39.9 Å². The summed E-state index contributed by atoms with van der Waals surface area (Å²) in [6, 6.07) is 19.8. The molecule has 40 heavy (non-hydrogen) atoms. The summed E-state index contributed by atoms with van der Waals surface area (Å²) in [6.45, 7) is 0.449. The summed E-state index contributed by atoms with van der Waals surface area (Å²) in [7, 11) is 0. The predicted molar refractivity (Wildman–Crippen MR) is 147 cm³/mol. The van der Waals surface area contributed by atoms with Crippen molar-refractivity contribution in [2.45, 2.75) is 6.42 Å². The number of carbonyl (C=O) groups excluding carboxylic acids is 3. The van der Waals surface area contributed by atoms with Gasteiger partial charge in [-0.15, -0.1) is 0 Å². The van der Waals surface area contributed by atoms with Gasteiger partial charge in [-0.3, -0.25) is 19.7 Å². The van der Waals surface area contributed by atoms with Gasteiger partial charge in [0, 0.05) is 23.1 Å². The number of anilines is 1. The van der Waals surface area contributed by atoms with Crippen LogP contribution in [-0.2, 0) is 0 Å². The Morgan fingerprint density at radius 3 is 2.35 bits per heavy atom. The molecule has 1 aliphatic carbocycles. The number of carbonyl (C=O) groups is 3. The fourth-order valence-corrected chi connectivity index (χ4v) is 4.73. The third-order valence-electron chi connectivity index (χ3n) is 6.71. The topological polar surface area (TPSA) is 116 Å². The lowest BCUT2D eigenvalue weighted by molar-refractivity contribution is -0.384. The van der Waals surface area contributed by atoms with E-state index in [-0.39, 0.29) is 22.6 Å². The number of ether oxygens (including phenoxy) is 2. The normalized spacial score (nSPS) is 13.9. The number of rotatable bonds is 7. The van der Waals surface area contributed by atoms with Gasteiger partial charge in [-0.05, 0) is 72.0 Å². The van der Waals surface area contributed by atoms with Gasteiger partial charge in [0.15, 0.2) is 0 Å². The summed E-state index contributed by atoms with van der Waals surface area (Å²) in [6.07, 6.45) is 6.89. The number of nitrogens with zero attached hydrogens (tertiary/aromatic N) is 2. The molecule has 0 radical (unpaired) electrons. The minimum absolute atomic E-state index is 0.102. The van der Waals surface area contributed by atoms with Crippen molar-refractivity contribution < 1.29 is 28.8 Å². The van der Waals surface area contributed by atoms with E-state index in [1.807, 2.05) is 12.2 Å². The third kappa shape index (κ3) is 4.49. The summed E-state index contributed by atoms with van der Waals surface area (Å²) in [5, 5.41) is 11.9. The molecule has 0 atom stereocenters. The second-order valence-corrected chi connectivity index (χ2v) is 9.25. The van der Waals surface area contributed by atoms with Gasteiger partial charge in [-0.25, -0.2) is 9.69 Å². The molecule has 9 nitrogen and oxygen atoms in total. The molecule has 1 heterocycles. The molecule has 0 saturated heterocycles. The second kappa shape index (κ2) is 9.95. The lowest BCUT2D eigenvalue weighted by Crippen LogP contribution is -2.40. The van der Waals surface area contributed by atoms with Crippen molar-refractivity contribution in [1.29, 1.82) is 0 Å². The van der Waals surface area contributed by atoms with Crippen molar-refractivity contribution in [2.75, 3.05) is 11.5 Å². The number of allylic oxidation sites excluding steroid dienone is 3. The average molecular weight is 533 g/mol. The highest BCUT2D eigenvalue weighted by Crippen LogP contribution is 2.36. The molecular formula is C31H20N2O7. The minimum Gasteiger partial charge on any atom is -0.489 e. The summed E-state index contributed by atoms with van der Waals surface area (Å²) in [4.78, 5) is 51.3. The van der Waals surface area contributed by atoms with Crippen molar-refractivity contribution in [3.8, 4) is 11.5 Å². The maximum atomic E-state index is 13.7. The first-order valence-electron chi connectivity index (χ1n) is 12.4. The van der Waals surface area contributed by atoms with E-state index in [1.165, 1.54) is 30.3 Å². The molecule has 2 amide bonds. The first-order valence-corrected chi connectivity index (χ1v) is 12.4. The summed E-state index contributed by atoms with van der Waals surface area (Å²) >= 11 is 0. The largest absolute Gasteiger partial charge is 0.489 e. The molecule has 0 aromatic heterocycles. The maximum absolute atomic E-state index is 13.7. The molecule has 4 aromatic rings. The number of hydrogen-bond donors (Lipinski definition) is 0. The van der Waals surface area contributed by atoms with Crippen LogP contribution in [0.3, 0.4) is 0 Å². The quantitative estimate of drug-likeness (QED) is 0.0938. The molecule has 9 heteroatoms. The van der Waals surface area contributed by atoms with Gasteiger partial charge in [-0.1, -0.05) is 30.4 Å². The molecule has 6 rings (SSSR count). The molecule has 0 unspecified atom stereocenters. The zero-order valence-electron chi connectivity index (χ0n) is 20.9. The van der Waals surface area contributed by atoms with Crippen LogP contribution < -0.4 is 14.4 Å². The Morgan fingerprint density at radius 1 is 0.900 bits per heavy atom. The number of nitro groups is 1. The van der Waals surface area contributed by atoms with E-state index >= 15 is 0 Å². The van der Waals surface area contributed by atoms with Crippen LogP contribution in [0.4, 0.5) is 11.4 Å². The van der Waals surface area contributed by atoms with E-state index < -0.39 is 22.7 Å². The second-order valence-electron chi connectivity index (χ2n) is 9.25. The zero-order chi connectivity index (χ0) is 27.8. The fraction of sp³-hybridized carbons (Fsp3) is 0.0645. The summed E-state index contributed by atoms with van der Waals surface area (Å²) in [5.41, 5.74) is 2.04. The van der Waals surface area contributed by atoms with Crippen LogP contribution in [0.1, 0.15) is 37.5 Å². The Balaban J connectivity index is 1.28. The Labute approximate surface area is 227 Å². The Kier molecular flexibility index (Phi) is 6.16. The van der Waals surface area contributed by atoms with Gasteiger partial charge >= 0.3 is 5.97 Å². The lowest BCUT2D eigenvalue weighted by atomic mass is 9.93. The molecular weight excluding hydrogens is 512 g/mol. The van der Waals surface area contributed by atoms with Crippen LogP contribution in [0, 0.1) is 10.1 Å². The number of benzene rings is 4. The van der Waals surface area contributed by atoms with Crippen LogP contribution in [0.25, 0.3) is 10.8 Å². The summed E-state index contributed by atoms with van der Waals surface area (Å²) < 4.78 is 11.3. The Hall–Kier alpha value is -5.57. The van der Waals surface area contributed by atoms with Crippen LogP contribution >= 0.6 is 0 Å². The highest BCUT2D eigenvalue weighted by Gasteiger charge is 2.34. The number of amides is 2. The van der Waals surface area contributed by atoms with Crippen molar-refractivity contribution in [1.82, 2.24) is 0 Å². The zero-order valence-corrected chi connectivity index (χ0v) is 20.9. The standard InChI is InChI=1S/C31H20N2O7/c34-29-26-7-3-6-21-16-25(40-31(36)20-8-10-23(11-9-20)33(37)38)17-27(28(21)26)30(35)32(29)22-12-14-24(15-13-22)39-18-19-4-1-2-5-19/h1-4,6-17H,5,18H2. The van der Waals surface area contributed by atoms with Crippen LogP contribution in [-0.4, -0.2) is 29.3 Å². The molecule has 196 valence electrons. The van der Waals surface area contributed by atoms with E-state index in [2.05, 4.69) is 6.08 Å². The fourth-order valence-electron chi connectivity index (χ4n) is 4.73. The Morgan fingerprint density at radius 2 is 1.65 bits per heavy atom. The molecule has 2 aliphatic rings. The third-order valence-corrected chi connectivity index (χ3v) is 6.71. The highest BCUT2D eigenvalue weighted by atomic mass is 16.6. The van der Waals surface area contributed by atoms with E-state index in [0.717, 1.165) is 16.9 Å². The molecule has 4 aromatic carbocycles. The first kappa shape index (κ1) is 24.7. The summed E-state index contributed by atoms with van der Waals surface area (Å²) in [5.74, 6) is -1.05. The molecule has 0 spiro atoms. The lowest BCUT2D eigenvalue weighted by Gasteiger charge is -2.27. The minimum atomic E-state index is -0.742. The van der Waals surface area contributed by atoms with Crippen LogP contribution in [0.5, 0.6) is 11.5 Å². The number of non-ortho nitro benzene ring substituents is 1. The monoisotopic (exact) mass is 532 g/mol. The van der Waals surface area contributed by atoms with Gasteiger partial charge in [0.1, 0.15) is 18.1 Å². The number of nitro benzene ring substituents is 1. The molecule has 1 aliphatic heterocycles. The highest BCUT2D eigenvalue weighted by molar-refractivity contribution is 6.36. The smallest absolute Gasteiger partial charge is 0.343 e. The van der Waals surface area contributed by atoms with Crippen molar-refractivity contribution in [2.24, 2.45) is 0 Å². The average Bonchev–Trinajstić information content (AvgIpc) is 3.49. The van der Waals surface area contributed by atoms with Crippen molar-refractivity contribution in [3.05, 3.63) is 129 Å². The van der Waals surface area contributed by atoms with E-state index in [0.29, 0.717) is 34.4 Å². The van der Waals surface area contributed by atoms with Gasteiger partial charge in [0.25, 0.3) is 17.5 Å². The predicted octanol–water partition coefficient (Wildman–Crippen LogP) is 6.03. The van der Waals surface area contributed by atoms with E-state index in [4.69, 9.17) is 9.47 Å². The molecule has 0 N–H and O–H groups in total. The van der Waals surface area contributed by atoms with Gasteiger partial charge in [0.2, 0.25) is 0 Å². The SMILES string of the molecule is O=C(Oc1cc2c3c(cccc3c1)C(=O)N(c1ccc(OCC3=CC=CC3)cc1)C2=O)c1ccc([N+](=O)[O-])cc1. The molecule has 0 fully saturated rings. The van der Waals surface area contributed by atoms with E-state index in [1.54, 1.807) is 48.5 Å². The Bertz CT molecular complexity index is 1770. The van der Waals surface area contributed by atoms with Gasteiger partial charge in [0.05, 0.1) is 21.7 Å². The first-order chi connectivity index (χ1) is 19.4. The van der Waals surface area contributed by atoms with E-state index in [9.17, 15) is 24.5 Å².